The summed E-state index contributed by atoms with van der Waals surface area (Å²) in [5.74, 6) is 1.06. The zero-order valence-corrected chi connectivity index (χ0v) is 13.0. The van der Waals surface area contributed by atoms with Crippen molar-refractivity contribution in [3.63, 3.8) is 0 Å². The fourth-order valence-electron chi connectivity index (χ4n) is 2.72. The third kappa shape index (κ3) is 3.21. The number of carbonyl (C=O) groups excluding carboxylic acids is 1. The zero-order chi connectivity index (χ0) is 14.8. The highest BCUT2D eigenvalue weighted by atomic mass is 16.5. The Balaban J connectivity index is 2.30. The summed E-state index contributed by atoms with van der Waals surface area (Å²) in [6.45, 7) is 7.35. The standard InChI is InChI=1S/C17H25NO2/c1-17(2,3)13-11-12(8-9-15(13)20-4)16(19)14-7-5-6-10-18-14/h8-9,11,14,18H,5-7,10H2,1-4H3. The lowest BCUT2D eigenvalue weighted by Gasteiger charge is -2.25. The van der Waals surface area contributed by atoms with E-state index in [1.54, 1.807) is 7.11 Å². The van der Waals surface area contributed by atoms with Crippen LogP contribution in [0.2, 0.25) is 0 Å². The minimum Gasteiger partial charge on any atom is -0.496 e. The Kier molecular flexibility index (Phi) is 4.48. The number of piperidine rings is 1. The van der Waals surface area contributed by atoms with Gasteiger partial charge < -0.3 is 10.1 Å². The summed E-state index contributed by atoms with van der Waals surface area (Å²) in [7, 11) is 1.68. The Labute approximate surface area is 121 Å². The smallest absolute Gasteiger partial charge is 0.179 e. The molecule has 1 aromatic carbocycles. The predicted molar refractivity (Wildman–Crippen MR) is 81.7 cm³/mol. The lowest BCUT2D eigenvalue weighted by molar-refractivity contribution is 0.0927. The molecule has 0 radical (unpaired) electrons. The normalized spacial score (nSPS) is 19.7. The summed E-state index contributed by atoms with van der Waals surface area (Å²) >= 11 is 0. The van der Waals surface area contributed by atoms with E-state index in [2.05, 4.69) is 26.1 Å². The molecule has 3 heteroatoms. The zero-order valence-electron chi connectivity index (χ0n) is 13.0. The minimum absolute atomic E-state index is 0.0232. The largest absolute Gasteiger partial charge is 0.496 e. The Morgan fingerprint density at radius 1 is 1.30 bits per heavy atom. The molecule has 2 rings (SSSR count). The summed E-state index contributed by atoms with van der Waals surface area (Å²) in [4.78, 5) is 12.6. The number of nitrogens with one attached hydrogen (secondary N) is 1. The number of ketones is 1. The van der Waals surface area contributed by atoms with Gasteiger partial charge >= 0.3 is 0 Å². The van der Waals surface area contributed by atoms with Gasteiger partial charge in [0.15, 0.2) is 5.78 Å². The molecule has 20 heavy (non-hydrogen) atoms. The van der Waals surface area contributed by atoms with Gasteiger partial charge in [-0.2, -0.15) is 0 Å². The van der Waals surface area contributed by atoms with Gasteiger partial charge in [0, 0.05) is 11.1 Å². The van der Waals surface area contributed by atoms with Crippen LogP contribution >= 0.6 is 0 Å². The molecule has 1 fully saturated rings. The number of Topliss-reactive ketones (excluding diaryl/α,β-unsaturated/α-hetero) is 1. The number of rotatable bonds is 3. The molecule has 1 aliphatic heterocycles. The SMILES string of the molecule is COc1ccc(C(=O)C2CCCCN2)cc1C(C)(C)C. The molecule has 3 nitrogen and oxygen atoms in total. The van der Waals surface area contributed by atoms with Gasteiger partial charge in [-0.1, -0.05) is 27.2 Å². The first kappa shape index (κ1) is 15.0. The molecule has 1 aromatic rings. The second-order valence-electron chi connectivity index (χ2n) is 6.53. The molecule has 1 unspecified atom stereocenters. The van der Waals surface area contributed by atoms with E-state index >= 15 is 0 Å². The summed E-state index contributed by atoms with van der Waals surface area (Å²) in [5, 5.41) is 3.32. The van der Waals surface area contributed by atoms with E-state index in [-0.39, 0.29) is 17.2 Å². The summed E-state index contributed by atoms with van der Waals surface area (Å²) < 4.78 is 5.43. The average Bonchev–Trinajstić information content (AvgIpc) is 2.46. The number of hydrogen-bond acceptors (Lipinski definition) is 3. The molecule has 0 saturated carbocycles. The van der Waals surface area contributed by atoms with Gasteiger partial charge in [0.25, 0.3) is 0 Å². The van der Waals surface area contributed by atoms with Crippen molar-refractivity contribution in [2.75, 3.05) is 13.7 Å². The van der Waals surface area contributed by atoms with Crippen LogP contribution in [0.25, 0.3) is 0 Å². The first-order valence-electron chi connectivity index (χ1n) is 7.39. The van der Waals surface area contributed by atoms with Crippen molar-refractivity contribution >= 4 is 5.78 Å². The number of benzene rings is 1. The van der Waals surface area contributed by atoms with Crippen molar-refractivity contribution in [2.45, 2.75) is 51.5 Å². The quantitative estimate of drug-likeness (QED) is 0.860. The number of carbonyl (C=O) groups is 1. The van der Waals surface area contributed by atoms with Gasteiger partial charge in [-0.25, -0.2) is 0 Å². The lowest BCUT2D eigenvalue weighted by atomic mass is 9.84. The fraction of sp³-hybridized carbons (Fsp3) is 0.588. The summed E-state index contributed by atoms with van der Waals surface area (Å²) in [6.07, 6.45) is 3.24. The van der Waals surface area contributed by atoms with Crippen LogP contribution in [0.15, 0.2) is 18.2 Å². The van der Waals surface area contributed by atoms with Crippen molar-refractivity contribution in [1.29, 1.82) is 0 Å². The van der Waals surface area contributed by atoms with Gasteiger partial charge in [-0.3, -0.25) is 4.79 Å². The fourth-order valence-corrected chi connectivity index (χ4v) is 2.72. The average molecular weight is 275 g/mol. The van der Waals surface area contributed by atoms with Gasteiger partial charge in [-0.05, 0) is 43.0 Å². The van der Waals surface area contributed by atoms with Crippen LogP contribution in [0.3, 0.4) is 0 Å². The third-order valence-electron chi connectivity index (χ3n) is 3.92. The van der Waals surface area contributed by atoms with Crippen LogP contribution in [-0.4, -0.2) is 25.5 Å². The molecule has 0 aliphatic carbocycles. The van der Waals surface area contributed by atoms with E-state index in [0.717, 1.165) is 36.3 Å². The predicted octanol–water partition coefficient (Wildman–Crippen LogP) is 3.32. The monoisotopic (exact) mass is 275 g/mol. The first-order chi connectivity index (χ1) is 9.43. The first-order valence-corrected chi connectivity index (χ1v) is 7.39. The topological polar surface area (TPSA) is 38.3 Å². The van der Waals surface area contributed by atoms with Crippen LogP contribution in [0.4, 0.5) is 0 Å². The molecule has 1 heterocycles. The molecule has 0 amide bonds. The van der Waals surface area contributed by atoms with E-state index in [1.165, 1.54) is 6.42 Å². The van der Waals surface area contributed by atoms with Gasteiger partial charge in [0.2, 0.25) is 0 Å². The maximum absolute atomic E-state index is 12.6. The van der Waals surface area contributed by atoms with Gasteiger partial charge in [-0.15, -0.1) is 0 Å². The van der Waals surface area contributed by atoms with Crippen LogP contribution in [-0.2, 0) is 5.41 Å². The van der Waals surface area contributed by atoms with Crippen molar-refractivity contribution < 1.29 is 9.53 Å². The highest BCUT2D eigenvalue weighted by Crippen LogP contribution is 2.32. The van der Waals surface area contributed by atoms with E-state index in [9.17, 15) is 4.79 Å². The van der Waals surface area contributed by atoms with Crippen LogP contribution in [0.5, 0.6) is 5.75 Å². The molecule has 0 bridgehead atoms. The highest BCUT2D eigenvalue weighted by molar-refractivity contribution is 6.00. The molecule has 110 valence electrons. The van der Waals surface area contributed by atoms with Crippen LogP contribution in [0.1, 0.15) is 56.0 Å². The van der Waals surface area contributed by atoms with E-state index in [0.29, 0.717) is 0 Å². The summed E-state index contributed by atoms with van der Waals surface area (Å²) in [5.41, 5.74) is 1.83. The lowest BCUT2D eigenvalue weighted by Crippen LogP contribution is -2.40. The molecule has 1 aliphatic rings. The maximum atomic E-state index is 12.6. The molecular formula is C17H25NO2. The van der Waals surface area contributed by atoms with E-state index in [1.807, 2.05) is 18.2 Å². The second-order valence-corrected chi connectivity index (χ2v) is 6.53. The van der Waals surface area contributed by atoms with E-state index in [4.69, 9.17) is 4.74 Å². The van der Waals surface area contributed by atoms with Gasteiger partial charge in [0.05, 0.1) is 13.2 Å². The highest BCUT2D eigenvalue weighted by Gasteiger charge is 2.25. The number of ether oxygens (including phenoxy) is 1. The molecule has 1 atom stereocenters. The van der Waals surface area contributed by atoms with Crippen LogP contribution < -0.4 is 10.1 Å². The third-order valence-corrected chi connectivity index (χ3v) is 3.92. The van der Waals surface area contributed by atoms with Crippen molar-refractivity contribution in [2.24, 2.45) is 0 Å². The molecule has 0 aromatic heterocycles. The Hall–Kier alpha value is -1.35. The molecule has 1 N–H and O–H groups in total. The number of hydrogen-bond donors (Lipinski definition) is 1. The van der Waals surface area contributed by atoms with Gasteiger partial charge in [0.1, 0.15) is 5.75 Å². The minimum atomic E-state index is -0.0401. The van der Waals surface area contributed by atoms with Crippen molar-refractivity contribution in [1.82, 2.24) is 5.32 Å². The summed E-state index contributed by atoms with van der Waals surface area (Å²) in [6, 6.07) is 5.77. The number of methoxy groups -OCH3 is 1. The van der Waals surface area contributed by atoms with Crippen LogP contribution in [0, 0.1) is 0 Å². The van der Waals surface area contributed by atoms with Crippen molar-refractivity contribution in [3.05, 3.63) is 29.3 Å². The molecular weight excluding hydrogens is 250 g/mol. The molecule has 0 spiro atoms. The second kappa shape index (κ2) is 5.96. The molecule has 1 saturated heterocycles. The maximum Gasteiger partial charge on any atom is 0.179 e. The Morgan fingerprint density at radius 3 is 2.60 bits per heavy atom. The van der Waals surface area contributed by atoms with E-state index < -0.39 is 0 Å². The Bertz CT molecular complexity index is 482. The van der Waals surface area contributed by atoms with Crippen molar-refractivity contribution in [3.8, 4) is 5.75 Å². The Morgan fingerprint density at radius 2 is 2.05 bits per heavy atom.